The average Bonchev–Trinajstić information content (AvgIpc) is 2.54. The van der Waals surface area contributed by atoms with Crippen LogP contribution in [0.4, 0.5) is 0 Å². The lowest BCUT2D eigenvalue weighted by Gasteiger charge is -2.24. The Balaban J connectivity index is 2.46. The Morgan fingerprint density at radius 3 is 2.65 bits per heavy atom. The molecule has 8 heteroatoms. The lowest BCUT2D eigenvalue weighted by Crippen LogP contribution is -2.35. The molecule has 17 heavy (non-hydrogen) atoms. The van der Waals surface area contributed by atoms with Crippen LogP contribution in [0.3, 0.4) is 0 Å². The van der Waals surface area contributed by atoms with Gasteiger partial charge in [-0.25, -0.2) is 13.2 Å². The summed E-state index contributed by atoms with van der Waals surface area (Å²) < 4.78 is 25.7. The highest BCUT2D eigenvalue weighted by atomic mass is 32.2. The zero-order valence-electron chi connectivity index (χ0n) is 9.54. The number of carboxylic acids is 1. The third kappa shape index (κ3) is 2.05. The van der Waals surface area contributed by atoms with Crippen LogP contribution in [0.15, 0.2) is 0 Å². The molecule has 0 unspecified atom stereocenters. The molecule has 94 valence electrons. The van der Waals surface area contributed by atoms with E-state index in [0.29, 0.717) is 18.5 Å². The van der Waals surface area contributed by atoms with Gasteiger partial charge in [-0.1, -0.05) is 0 Å². The maximum absolute atomic E-state index is 11.4. The molecule has 1 aliphatic heterocycles. The number of sulfonamides is 1. The van der Waals surface area contributed by atoms with Gasteiger partial charge in [0, 0.05) is 37.8 Å². The number of nitrogens with zero attached hydrogens (tertiary/aromatic N) is 3. The summed E-state index contributed by atoms with van der Waals surface area (Å²) in [6.45, 7) is 0.452. The van der Waals surface area contributed by atoms with Crippen molar-refractivity contribution in [3.8, 4) is 0 Å². The van der Waals surface area contributed by atoms with E-state index in [9.17, 15) is 13.2 Å². The molecule has 0 radical (unpaired) electrons. The highest BCUT2D eigenvalue weighted by Gasteiger charge is 2.30. The van der Waals surface area contributed by atoms with Gasteiger partial charge in [0.1, 0.15) is 0 Å². The first-order valence-electron chi connectivity index (χ1n) is 5.04. The van der Waals surface area contributed by atoms with Crippen LogP contribution in [0.1, 0.15) is 21.7 Å². The fourth-order valence-corrected chi connectivity index (χ4v) is 2.81. The molecule has 2 rings (SSSR count). The summed E-state index contributed by atoms with van der Waals surface area (Å²) >= 11 is 0. The number of hydrogen-bond donors (Lipinski definition) is 1. The lowest BCUT2D eigenvalue weighted by molar-refractivity contribution is 0.0687. The van der Waals surface area contributed by atoms with E-state index >= 15 is 0 Å². The van der Waals surface area contributed by atoms with Crippen molar-refractivity contribution in [2.24, 2.45) is 7.05 Å². The third-order valence-corrected chi connectivity index (χ3v) is 4.13. The Morgan fingerprint density at radius 2 is 2.12 bits per heavy atom. The van der Waals surface area contributed by atoms with E-state index in [1.54, 1.807) is 7.05 Å². The smallest absolute Gasteiger partial charge is 0.356 e. The van der Waals surface area contributed by atoms with E-state index in [-0.39, 0.29) is 12.2 Å². The molecule has 0 aliphatic carbocycles. The summed E-state index contributed by atoms with van der Waals surface area (Å²) in [5, 5.41) is 12.9. The molecule has 0 saturated carbocycles. The summed E-state index contributed by atoms with van der Waals surface area (Å²) in [5.74, 6) is -1.13. The predicted molar refractivity (Wildman–Crippen MR) is 59.1 cm³/mol. The fraction of sp³-hybridized carbons (Fsp3) is 0.556. The van der Waals surface area contributed by atoms with Crippen LogP contribution in [-0.4, -0.2) is 46.4 Å². The highest BCUT2D eigenvalue weighted by Crippen LogP contribution is 2.23. The number of carboxylic acid groups (broad SMARTS) is 1. The van der Waals surface area contributed by atoms with Gasteiger partial charge in [-0.2, -0.15) is 9.40 Å². The molecule has 1 aromatic rings. The van der Waals surface area contributed by atoms with Gasteiger partial charge in [0.2, 0.25) is 10.0 Å². The molecule has 0 spiro atoms. The van der Waals surface area contributed by atoms with Gasteiger partial charge in [0.25, 0.3) is 0 Å². The second-order valence-electron chi connectivity index (χ2n) is 4.05. The molecule has 0 bridgehead atoms. The van der Waals surface area contributed by atoms with Gasteiger partial charge in [-0.3, -0.25) is 4.68 Å². The number of aromatic nitrogens is 2. The van der Waals surface area contributed by atoms with Crippen molar-refractivity contribution < 1.29 is 18.3 Å². The Hall–Kier alpha value is -1.41. The molecular weight excluding hydrogens is 246 g/mol. The van der Waals surface area contributed by atoms with E-state index in [4.69, 9.17) is 5.11 Å². The van der Waals surface area contributed by atoms with E-state index in [0.717, 1.165) is 11.9 Å². The molecule has 1 N–H and O–H groups in total. The summed E-state index contributed by atoms with van der Waals surface area (Å²) in [4.78, 5) is 11.0. The number of carbonyl (C=O) groups is 1. The predicted octanol–water partition coefficient (Wildman–Crippen LogP) is -0.564. The highest BCUT2D eigenvalue weighted by molar-refractivity contribution is 7.88. The summed E-state index contributed by atoms with van der Waals surface area (Å²) in [5.41, 5.74) is 1.23. The van der Waals surface area contributed by atoms with Crippen molar-refractivity contribution in [2.75, 3.05) is 12.8 Å². The van der Waals surface area contributed by atoms with Gasteiger partial charge in [-0.05, 0) is 0 Å². The number of aryl methyl sites for hydroxylation is 1. The molecule has 0 aromatic carbocycles. The second-order valence-corrected chi connectivity index (χ2v) is 6.03. The first-order chi connectivity index (χ1) is 7.80. The first kappa shape index (κ1) is 12.1. The molecule has 0 saturated heterocycles. The molecule has 1 aromatic heterocycles. The van der Waals surface area contributed by atoms with Crippen LogP contribution < -0.4 is 0 Å². The fourth-order valence-electron chi connectivity index (χ4n) is 2.02. The number of aromatic carboxylic acids is 1. The van der Waals surface area contributed by atoms with Crippen LogP contribution >= 0.6 is 0 Å². The Bertz CT molecular complexity index is 575. The van der Waals surface area contributed by atoms with Crippen LogP contribution in [-0.2, 0) is 30.0 Å². The van der Waals surface area contributed by atoms with Crippen molar-refractivity contribution in [3.63, 3.8) is 0 Å². The number of hydrogen-bond acceptors (Lipinski definition) is 4. The van der Waals surface area contributed by atoms with E-state index in [2.05, 4.69) is 5.10 Å². The van der Waals surface area contributed by atoms with Crippen molar-refractivity contribution in [2.45, 2.75) is 13.0 Å². The SMILES string of the molecule is Cn1nc(C(=O)O)c2c1CCN(S(C)(=O)=O)C2. The second kappa shape index (κ2) is 3.81. The van der Waals surface area contributed by atoms with Gasteiger partial charge >= 0.3 is 5.97 Å². The summed E-state index contributed by atoms with van der Waals surface area (Å²) in [7, 11) is -1.63. The lowest BCUT2D eigenvalue weighted by atomic mass is 10.1. The van der Waals surface area contributed by atoms with Gasteiger partial charge in [-0.15, -0.1) is 0 Å². The largest absolute Gasteiger partial charge is 0.476 e. The molecule has 0 amide bonds. The zero-order valence-corrected chi connectivity index (χ0v) is 10.4. The van der Waals surface area contributed by atoms with Gasteiger partial charge in [0.05, 0.1) is 6.26 Å². The standard InChI is InChI=1S/C9H13N3O4S/c1-11-7-3-4-12(17(2,15)16)5-6(7)8(10-11)9(13)14/h3-5H2,1-2H3,(H,13,14). The monoisotopic (exact) mass is 259 g/mol. The van der Waals surface area contributed by atoms with Crippen LogP contribution in [0, 0.1) is 0 Å². The Labute approximate surface area is 98.7 Å². The van der Waals surface area contributed by atoms with Crippen LogP contribution in [0.5, 0.6) is 0 Å². The molecule has 1 aliphatic rings. The van der Waals surface area contributed by atoms with Crippen LogP contribution in [0.2, 0.25) is 0 Å². The summed E-state index contributed by atoms with van der Waals surface area (Å²) in [6.07, 6.45) is 1.61. The van der Waals surface area contributed by atoms with E-state index < -0.39 is 16.0 Å². The minimum atomic E-state index is -3.30. The van der Waals surface area contributed by atoms with Crippen LogP contribution in [0.25, 0.3) is 0 Å². The van der Waals surface area contributed by atoms with Crippen molar-refractivity contribution in [1.82, 2.24) is 14.1 Å². The average molecular weight is 259 g/mol. The first-order valence-corrected chi connectivity index (χ1v) is 6.88. The Morgan fingerprint density at radius 1 is 1.47 bits per heavy atom. The topological polar surface area (TPSA) is 92.5 Å². The van der Waals surface area contributed by atoms with Crippen molar-refractivity contribution >= 4 is 16.0 Å². The third-order valence-electron chi connectivity index (χ3n) is 2.88. The maximum atomic E-state index is 11.4. The van der Waals surface area contributed by atoms with E-state index in [1.165, 1.54) is 8.99 Å². The van der Waals surface area contributed by atoms with E-state index in [1.807, 2.05) is 0 Å². The van der Waals surface area contributed by atoms with Gasteiger partial charge in [0.15, 0.2) is 5.69 Å². The molecule has 0 fully saturated rings. The van der Waals surface area contributed by atoms with Gasteiger partial charge < -0.3 is 5.11 Å². The minimum Gasteiger partial charge on any atom is -0.476 e. The molecule has 2 heterocycles. The number of rotatable bonds is 2. The number of fused-ring (bicyclic) bond motifs is 1. The summed E-state index contributed by atoms with van der Waals surface area (Å²) in [6, 6.07) is 0. The molecule has 0 atom stereocenters. The molecular formula is C9H13N3O4S. The molecule has 7 nitrogen and oxygen atoms in total. The minimum absolute atomic E-state index is 0.0594. The van der Waals surface area contributed by atoms with Crippen molar-refractivity contribution in [1.29, 1.82) is 0 Å². The van der Waals surface area contributed by atoms with Crippen molar-refractivity contribution in [3.05, 3.63) is 17.0 Å². The Kier molecular flexibility index (Phi) is 2.70. The maximum Gasteiger partial charge on any atom is 0.356 e. The zero-order chi connectivity index (χ0) is 12.8. The normalized spacial score (nSPS) is 16.8. The quantitative estimate of drug-likeness (QED) is 0.768.